The Morgan fingerprint density at radius 3 is 2.07 bits per heavy atom. The van der Waals surface area contributed by atoms with Crippen molar-refractivity contribution in [1.29, 1.82) is 0 Å². The lowest BCUT2D eigenvalue weighted by Gasteiger charge is -2.48. The van der Waals surface area contributed by atoms with E-state index < -0.39 is 81.7 Å². The van der Waals surface area contributed by atoms with E-state index in [0.29, 0.717) is 55.1 Å². The van der Waals surface area contributed by atoms with Crippen molar-refractivity contribution in [3.63, 3.8) is 0 Å². The van der Waals surface area contributed by atoms with Crippen LogP contribution in [-0.4, -0.2) is 108 Å². The van der Waals surface area contributed by atoms with E-state index in [9.17, 15) is 13.6 Å². The summed E-state index contributed by atoms with van der Waals surface area (Å²) < 4.78 is 140. The summed E-state index contributed by atoms with van der Waals surface area (Å²) in [7, 11) is 3.03. The van der Waals surface area contributed by atoms with Gasteiger partial charge >= 0.3 is 18.3 Å². The number of halogens is 7. The number of benzene rings is 3. The molecule has 10 rings (SSSR count). The number of alkyl halides is 3. The molecule has 1 aliphatic carbocycles. The van der Waals surface area contributed by atoms with E-state index in [1.54, 1.807) is 86.0 Å². The highest BCUT2D eigenvalue weighted by Gasteiger charge is 2.54. The van der Waals surface area contributed by atoms with E-state index in [2.05, 4.69) is 14.9 Å². The van der Waals surface area contributed by atoms with Crippen molar-refractivity contribution >= 4 is 28.5 Å². The quantitative estimate of drug-likeness (QED) is 0.105. The minimum absolute atomic E-state index is 0.0151. The molecule has 400 valence electrons. The van der Waals surface area contributed by atoms with E-state index in [-0.39, 0.29) is 84.9 Å². The summed E-state index contributed by atoms with van der Waals surface area (Å²) in [5.74, 6) is -1.80. The summed E-state index contributed by atoms with van der Waals surface area (Å²) in [6.45, 7) is 10.0. The first kappa shape index (κ1) is 51.9. The molecular weight excluding hydrogens is 988 g/mol. The Labute approximate surface area is 430 Å². The van der Waals surface area contributed by atoms with Crippen LogP contribution >= 0.6 is 0 Å². The minimum atomic E-state index is -5.21. The SMILES string of the molecule is COc1ccc(CN(Cc2ccc(OC)cc2)c2cc(C)c(C(F)(F)F)c(-c3nc4c5c(nc(OCC6(CN7CCC(=C(F)F)CC7)CC6)nc5c3F)N3C[C@H]5CC[C@@H]([C@H]3[C@H](C)O4)N5C(=O)OC(C)(C)C)c2F)cc1. The molecule has 75 heavy (non-hydrogen) atoms. The monoisotopic (exact) mass is 1050 g/mol. The van der Waals surface area contributed by atoms with Crippen LogP contribution in [0.3, 0.4) is 0 Å². The van der Waals surface area contributed by atoms with Crippen LogP contribution in [0.5, 0.6) is 23.4 Å². The molecule has 5 aliphatic rings. The number of carbonyl (C=O) groups excluding carboxylic acids is 1. The maximum Gasteiger partial charge on any atom is 0.417 e. The van der Waals surface area contributed by atoms with Gasteiger partial charge in [-0.15, -0.1) is 0 Å². The maximum atomic E-state index is 18.1. The standard InChI is InChI=1S/C55H60F7N7O6/c1-30-24-39(67(25-32-8-13-36(71-6)14-9-32)26-33-10-15-37(72-7)16-11-33)43(56)40(42(30)55(60,61)62)45-44(57)46-41-49(65-51(64-46)73-29-54(20-21-54)28-66-22-18-34(19-23-66)48(58)59)68-27-35-12-17-38(47(68)31(2)74-50(41)63-45)69(35)52(70)75-53(3,4)5/h8-11,13-16,24,31,35,38,47H,12,17-23,25-29H2,1-7H3/t31-,35+,38-,47+/m0/s1. The zero-order valence-electron chi connectivity index (χ0n) is 42.9. The highest BCUT2D eigenvalue weighted by molar-refractivity contribution is 5.98. The molecule has 4 aliphatic heterocycles. The lowest BCUT2D eigenvalue weighted by molar-refractivity contribution is -0.137. The van der Waals surface area contributed by atoms with Crippen LogP contribution in [-0.2, 0) is 24.0 Å². The van der Waals surface area contributed by atoms with Crippen LogP contribution in [0, 0.1) is 24.0 Å². The van der Waals surface area contributed by atoms with Gasteiger partial charge in [0.2, 0.25) is 5.88 Å². The number of rotatable bonds is 13. The van der Waals surface area contributed by atoms with E-state index in [0.717, 1.165) is 18.9 Å². The Morgan fingerprint density at radius 2 is 1.51 bits per heavy atom. The second-order valence-corrected chi connectivity index (χ2v) is 21.5. The molecule has 3 saturated heterocycles. The number of hydrogen-bond donors (Lipinski definition) is 0. The third kappa shape index (κ3) is 10.3. The minimum Gasteiger partial charge on any atom is -0.497 e. The van der Waals surface area contributed by atoms with Gasteiger partial charge in [-0.1, -0.05) is 24.3 Å². The summed E-state index contributed by atoms with van der Waals surface area (Å²) in [5.41, 5.74) is -4.39. The Hall–Kier alpha value is -6.57. The van der Waals surface area contributed by atoms with E-state index >= 15 is 22.0 Å². The second-order valence-electron chi connectivity index (χ2n) is 21.5. The number of nitrogens with zero attached hydrogens (tertiary/aromatic N) is 7. The van der Waals surface area contributed by atoms with Crippen LogP contribution in [0.4, 0.5) is 47.0 Å². The van der Waals surface area contributed by atoms with Crippen LogP contribution in [0.1, 0.15) is 88.5 Å². The number of pyridine rings is 1. The van der Waals surface area contributed by atoms with Crippen LogP contribution in [0.2, 0.25) is 0 Å². The predicted octanol–water partition coefficient (Wildman–Crippen LogP) is 11.7. The fourth-order valence-electron chi connectivity index (χ4n) is 11.4. The number of piperidine rings is 1. The summed E-state index contributed by atoms with van der Waals surface area (Å²) in [6, 6.07) is 13.2. The Bertz CT molecular complexity index is 2960. The molecule has 0 N–H and O–H groups in total. The van der Waals surface area contributed by atoms with Crippen molar-refractivity contribution in [3.8, 4) is 34.6 Å². The van der Waals surface area contributed by atoms with Gasteiger partial charge in [0.25, 0.3) is 6.08 Å². The first-order valence-electron chi connectivity index (χ1n) is 25.3. The highest BCUT2D eigenvalue weighted by Crippen LogP contribution is 2.51. The number of methoxy groups -OCH3 is 2. The molecule has 2 aromatic heterocycles. The normalized spacial score (nSPS) is 21.1. The number of carbonyl (C=O) groups is 1. The zero-order valence-corrected chi connectivity index (χ0v) is 42.9. The number of ether oxygens (including phenoxy) is 5. The van der Waals surface area contributed by atoms with E-state index in [4.69, 9.17) is 28.7 Å². The Balaban J connectivity index is 1.11. The Morgan fingerprint density at radius 1 is 0.880 bits per heavy atom. The van der Waals surface area contributed by atoms with Gasteiger partial charge in [0.15, 0.2) is 11.6 Å². The molecule has 1 saturated carbocycles. The summed E-state index contributed by atoms with van der Waals surface area (Å²) in [4.78, 5) is 35.2. The average Bonchev–Trinajstić information content (AvgIpc) is 4.08. The number of aryl methyl sites for hydroxylation is 1. The van der Waals surface area contributed by atoms with Gasteiger partial charge in [0.05, 0.1) is 55.8 Å². The fraction of sp³-hybridized carbons (Fsp3) is 0.491. The van der Waals surface area contributed by atoms with Crippen molar-refractivity contribution in [2.45, 2.75) is 122 Å². The molecule has 4 fully saturated rings. The number of piperazine rings is 1. The van der Waals surface area contributed by atoms with Gasteiger partial charge in [0.1, 0.15) is 45.6 Å². The van der Waals surface area contributed by atoms with Gasteiger partial charge in [-0.2, -0.15) is 31.9 Å². The van der Waals surface area contributed by atoms with Crippen LogP contribution in [0.25, 0.3) is 22.2 Å². The number of likely N-dealkylation sites (tertiary alicyclic amines) is 1. The number of fused-ring (bicyclic) bond motifs is 5. The second kappa shape index (κ2) is 19.9. The van der Waals surface area contributed by atoms with Crippen molar-refractivity contribution in [3.05, 3.63) is 100 Å². The first-order chi connectivity index (χ1) is 35.6. The number of anilines is 2. The molecular formula is C55H60F7N7O6. The Kier molecular flexibility index (Phi) is 13.7. The molecule has 3 aromatic carbocycles. The number of hydrogen-bond acceptors (Lipinski definition) is 12. The molecule has 0 spiro atoms. The summed E-state index contributed by atoms with van der Waals surface area (Å²) >= 11 is 0. The van der Waals surface area contributed by atoms with E-state index in [1.165, 1.54) is 21.1 Å². The van der Waals surface area contributed by atoms with Crippen molar-refractivity contribution < 1.29 is 59.2 Å². The third-order valence-corrected chi connectivity index (χ3v) is 15.2. The van der Waals surface area contributed by atoms with Gasteiger partial charge < -0.3 is 38.4 Å². The molecule has 2 bridgehead atoms. The predicted molar refractivity (Wildman–Crippen MR) is 266 cm³/mol. The van der Waals surface area contributed by atoms with Crippen molar-refractivity contribution in [2.75, 3.05) is 56.8 Å². The topological polar surface area (TPSA) is 115 Å². The van der Waals surface area contributed by atoms with Crippen molar-refractivity contribution in [2.24, 2.45) is 5.41 Å². The zero-order chi connectivity index (χ0) is 53.3. The maximum absolute atomic E-state index is 18.1. The van der Waals surface area contributed by atoms with Gasteiger partial charge in [-0.05, 0) is 126 Å². The third-order valence-electron chi connectivity index (χ3n) is 15.2. The van der Waals surface area contributed by atoms with Crippen LogP contribution in [0.15, 0.2) is 66.3 Å². The van der Waals surface area contributed by atoms with E-state index in [1.807, 2.05) is 4.90 Å². The molecule has 20 heteroatoms. The lowest BCUT2D eigenvalue weighted by Crippen LogP contribution is -2.65. The molecule has 1 amide bonds. The molecule has 6 heterocycles. The lowest BCUT2D eigenvalue weighted by atomic mass is 9.95. The van der Waals surface area contributed by atoms with Gasteiger partial charge in [-0.25, -0.2) is 18.6 Å². The number of aromatic nitrogens is 3. The smallest absolute Gasteiger partial charge is 0.417 e. The highest BCUT2D eigenvalue weighted by atomic mass is 19.4. The van der Waals surface area contributed by atoms with Gasteiger partial charge in [0, 0.05) is 44.7 Å². The van der Waals surface area contributed by atoms with Crippen LogP contribution < -0.4 is 28.7 Å². The number of amides is 1. The summed E-state index contributed by atoms with van der Waals surface area (Å²) in [5, 5.41) is -0.0519. The molecule has 13 nitrogen and oxygen atoms in total. The first-order valence-corrected chi connectivity index (χ1v) is 25.3. The van der Waals surface area contributed by atoms with Crippen molar-refractivity contribution in [1.82, 2.24) is 24.8 Å². The molecule has 5 aromatic rings. The fourth-order valence-corrected chi connectivity index (χ4v) is 11.4. The van der Waals surface area contributed by atoms with Gasteiger partial charge in [-0.3, -0.25) is 4.90 Å². The summed E-state index contributed by atoms with van der Waals surface area (Å²) in [6.07, 6.45) is -5.05. The molecule has 4 atom stereocenters. The molecule has 0 unspecified atom stereocenters. The molecule has 0 radical (unpaired) electrons. The largest absolute Gasteiger partial charge is 0.497 e. The average molecular weight is 1050 g/mol.